The van der Waals surface area contributed by atoms with Crippen LogP contribution >= 0.6 is 15.9 Å². The van der Waals surface area contributed by atoms with Crippen molar-refractivity contribution in [1.82, 2.24) is 9.78 Å². The highest BCUT2D eigenvalue weighted by Crippen LogP contribution is 2.23. The third-order valence-corrected chi connectivity index (χ3v) is 3.49. The Morgan fingerprint density at radius 3 is 2.89 bits per heavy atom. The van der Waals surface area contributed by atoms with Crippen molar-refractivity contribution in [2.45, 2.75) is 19.6 Å². The Morgan fingerprint density at radius 1 is 1.50 bits per heavy atom. The predicted octanol–water partition coefficient (Wildman–Crippen LogP) is 2.76. The minimum atomic E-state index is -0.493. The molecule has 0 radical (unpaired) electrons. The largest absolute Gasteiger partial charge is 0.497 e. The summed E-state index contributed by atoms with van der Waals surface area (Å²) in [7, 11) is 1.65. The van der Waals surface area contributed by atoms with E-state index in [0.717, 1.165) is 21.3 Å². The molecule has 2 rings (SSSR count). The fourth-order valence-corrected chi connectivity index (χ4v) is 2.03. The predicted molar refractivity (Wildman–Crippen MR) is 72.7 cm³/mol. The zero-order valence-electron chi connectivity index (χ0n) is 10.3. The summed E-state index contributed by atoms with van der Waals surface area (Å²) >= 11 is 3.51. The fourth-order valence-electron chi connectivity index (χ4n) is 1.66. The topological polar surface area (TPSA) is 47.3 Å². The van der Waals surface area contributed by atoms with E-state index < -0.39 is 6.10 Å². The summed E-state index contributed by atoms with van der Waals surface area (Å²) in [6, 6.07) is 5.82. The van der Waals surface area contributed by atoms with E-state index in [0.29, 0.717) is 6.54 Å². The Labute approximate surface area is 114 Å². The Bertz CT molecular complexity index is 538. The highest BCUT2D eigenvalue weighted by molar-refractivity contribution is 9.10. The lowest BCUT2D eigenvalue weighted by Gasteiger charge is -2.07. The van der Waals surface area contributed by atoms with E-state index in [2.05, 4.69) is 21.0 Å². The molecule has 1 aromatic carbocycles. The van der Waals surface area contributed by atoms with Crippen molar-refractivity contribution in [3.05, 3.63) is 46.2 Å². The van der Waals surface area contributed by atoms with Crippen LogP contribution in [0.4, 0.5) is 0 Å². The summed E-state index contributed by atoms with van der Waals surface area (Å²) in [4.78, 5) is 0. The molecule has 0 fully saturated rings. The maximum absolute atomic E-state index is 9.46. The van der Waals surface area contributed by atoms with Gasteiger partial charge in [-0.3, -0.25) is 4.68 Å². The third-order valence-electron chi connectivity index (χ3n) is 2.72. The van der Waals surface area contributed by atoms with Crippen molar-refractivity contribution in [2.24, 2.45) is 0 Å². The number of halogens is 1. The SMILES string of the molecule is COc1ccc(Br)c(Cn2cc(C(C)O)cn2)c1. The van der Waals surface area contributed by atoms with Crippen LogP contribution < -0.4 is 4.74 Å². The first-order valence-corrected chi connectivity index (χ1v) is 6.42. The van der Waals surface area contributed by atoms with Crippen LogP contribution in [0, 0.1) is 0 Å². The van der Waals surface area contributed by atoms with Crippen LogP contribution in [0.5, 0.6) is 5.75 Å². The monoisotopic (exact) mass is 310 g/mol. The molecule has 0 aliphatic rings. The number of aliphatic hydroxyl groups excluding tert-OH is 1. The molecule has 0 bridgehead atoms. The molecule has 0 amide bonds. The van der Waals surface area contributed by atoms with E-state index in [4.69, 9.17) is 4.74 Å². The molecular weight excluding hydrogens is 296 g/mol. The number of ether oxygens (including phenoxy) is 1. The Balaban J connectivity index is 2.22. The zero-order valence-corrected chi connectivity index (χ0v) is 11.9. The molecule has 2 aromatic rings. The summed E-state index contributed by atoms with van der Waals surface area (Å²) in [6.45, 7) is 2.35. The van der Waals surface area contributed by atoms with Gasteiger partial charge < -0.3 is 9.84 Å². The lowest BCUT2D eigenvalue weighted by atomic mass is 10.2. The molecule has 1 atom stereocenters. The molecule has 0 saturated carbocycles. The molecule has 0 saturated heterocycles. The number of rotatable bonds is 4. The quantitative estimate of drug-likeness (QED) is 0.944. The maximum Gasteiger partial charge on any atom is 0.119 e. The molecule has 0 aliphatic heterocycles. The molecule has 96 valence electrons. The van der Waals surface area contributed by atoms with Gasteiger partial charge in [-0.1, -0.05) is 15.9 Å². The van der Waals surface area contributed by atoms with Crippen LogP contribution in [0.25, 0.3) is 0 Å². The van der Waals surface area contributed by atoms with Gasteiger partial charge in [-0.2, -0.15) is 5.10 Å². The van der Waals surface area contributed by atoms with Gasteiger partial charge in [0.2, 0.25) is 0 Å². The average Bonchev–Trinajstić information content (AvgIpc) is 2.81. The maximum atomic E-state index is 9.46. The molecule has 1 heterocycles. The van der Waals surface area contributed by atoms with E-state index in [-0.39, 0.29) is 0 Å². The van der Waals surface area contributed by atoms with E-state index in [9.17, 15) is 5.11 Å². The van der Waals surface area contributed by atoms with E-state index in [1.165, 1.54) is 0 Å². The minimum absolute atomic E-state index is 0.493. The molecule has 18 heavy (non-hydrogen) atoms. The van der Waals surface area contributed by atoms with Crippen molar-refractivity contribution >= 4 is 15.9 Å². The first-order chi connectivity index (χ1) is 8.60. The number of aliphatic hydroxyl groups is 1. The molecule has 1 N–H and O–H groups in total. The van der Waals surface area contributed by atoms with Gasteiger partial charge in [0, 0.05) is 16.2 Å². The second-order valence-electron chi connectivity index (χ2n) is 4.10. The fraction of sp³-hybridized carbons (Fsp3) is 0.308. The number of benzene rings is 1. The van der Waals surface area contributed by atoms with Gasteiger partial charge in [-0.15, -0.1) is 0 Å². The highest BCUT2D eigenvalue weighted by Gasteiger charge is 2.07. The van der Waals surface area contributed by atoms with E-state index >= 15 is 0 Å². The van der Waals surface area contributed by atoms with Crippen molar-refractivity contribution in [2.75, 3.05) is 7.11 Å². The van der Waals surface area contributed by atoms with Crippen LogP contribution in [0.3, 0.4) is 0 Å². The van der Waals surface area contributed by atoms with Crippen molar-refractivity contribution in [3.63, 3.8) is 0 Å². The standard InChI is InChI=1S/C13H15BrN2O2/c1-9(17)11-6-15-16(8-11)7-10-5-12(18-2)3-4-13(10)14/h3-6,8-9,17H,7H2,1-2H3. The van der Waals surface area contributed by atoms with Gasteiger partial charge in [-0.05, 0) is 30.7 Å². The lowest BCUT2D eigenvalue weighted by Crippen LogP contribution is -2.01. The second kappa shape index (κ2) is 5.54. The molecule has 0 spiro atoms. The van der Waals surface area contributed by atoms with Gasteiger partial charge in [0.05, 0.1) is 26.0 Å². The van der Waals surface area contributed by atoms with Gasteiger partial charge in [0.1, 0.15) is 5.75 Å². The van der Waals surface area contributed by atoms with Crippen LogP contribution in [-0.2, 0) is 6.54 Å². The first kappa shape index (κ1) is 13.1. The van der Waals surface area contributed by atoms with Gasteiger partial charge in [-0.25, -0.2) is 0 Å². The van der Waals surface area contributed by atoms with E-state index in [1.54, 1.807) is 24.9 Å². The number of hydrogen-bond donors (Lipinski definition) is 1. The summed E-state index contributed by atoms with van der Waals surface area (Å²) in [5, 5.41) is 13.7. The summed E-state index contributed by atoms with van der Waals surface area (Å²) in [5.74, 6) is 0.816. The normalized spacial score (nSPS) is 12.4. The second-order valence-corrected chi connectivity index (χ2v) is 4.96. The number of hydrogen-bond acceptors (Lipinski definition) is 3. The zero-order chi connectivity index (χ0) is 13.1. The number of aromatic nitrogens is 2. The molecular formula is C13H15BrN2O2. The van der Waals surface area contributed by atoms with E-state index in [1.807, 2.05) is 24.4 Å². The summed E-state index contributed by atoms with van der Waals surface area (Å²) < 4.78 is 8.01. The van der Waals surface area contributed by atoms with Gasteiger partial charge in [0.25, 0.3) is 0 Å². The molecule has 4 nitrogen and oxygen atoms in total. The number of nitrogens with zero attached hydrogens (tertiary/aromatic N) is 2. The molecule has 0 aliphatic carbocycles. The smallest absolute Gasteiger partial charge is 0.119 e. The van der Waals surface area contributed by atoms with Crippen LogP contribution in [0.15, 0.2) is 35.1 Å². The average molecular weight is 311 g/mol. The van der Waals surface area contributed by atoms with Crippen LogP contribution in [0.1, 0.15) is 24.2 Å². The highest BCUT2D eigenvalue weighted by atomic mass is 79.9. The number of methoxy groups -OCH3 is 1. The first-order valence-electron chi connectivity index (χ1n) is 5.63. The summed E-state index contributed by atoms with van der Waals surface area (Å²) in [6.07, 6.45) is 3.03. The Morgan fingerprint density at radius 2 is 2.28 bits per heavy atom. The third kappa shape index (κ3) is 2.91. The van der Waals surface area contributed by atoms with Gasteiger partial charge in [0.15, 0.2) is 0 Å². The van der Waals surface area contributed by atoms with Gasteiger partial charge >= 0.3 is 0 Å². The minimum Gasteiger partial charge on any atom is -0.497 e. The summed E-state index contributed by atoms with van der Waals surface area (Å²) in [5.41, 5.74) is 1.89. The molecule has 1 unspecified atom stereocenters. The van der Waals surface area contributed by atoms with Crippen LogP contribution in [0.2, 0.25) is 0 Å². The van der Waals surface area contributed by atoms with Crippen molar-refractivity contribution < 1.29 is 9.84 Å². The van der Waals surface area contributed by atoms with Crippen molar-refractivity contribution in [1.29, 1.82) is 0 Å². The van der Waals surface area contributed by atoms with Crippen molar-refractivity contribution in [3.8, 4) is 5.75 Å². The Hall–Kier alpha value is -1.33. The molecule has 5 heteroatoms. The lowest BCUT2D eigenvalue weighted by molar-refractivity contribution is 0.199. The Kier molecular flexibility index (Phi) is 4.04. The van der Waals surface area contributed by atoms with Crippen LogP contribution in [-0.4, -0.2) is 22.0 Å². The molecule has 1 aromatic heterocycles.